The molecule has 2 heterocycles. The SMILES string of the molecule is CC1(CN=C(NC(=O)C2CCC(F)C(F)C2)NC2CC(C3CCC(Cl)CC3)NN2)CCCO1. The maximum atomic E-state index is 13.9. The van der Waals surface area contributed by atoms with E-state index in [0.717, 1.165) is 44.9 Å². The normalized spacial score (nSPS) is 42.3. The van der Waals surface area contributed by atoms with Crippen molar-refractivity contribution in [2.75, 3.05) is 13.2 Å². The second-order valence-electron chi connectivity index (χ2n) is 10.4. The van der Waals surface area contributed by atoms with Crippen LogP contribution in [0.15, 0.2) is 4.99 Å². The summed E-state index contributed by atoms with van der Waals surface area (Å²) in [5.74, 6) is 0.0677. The quantitative estimate of drug-likeness (QED) is 0.271. The lowest BCUT2D eigenvalue weighted by Gasteiger charge is -2.29. The van der Waals surface area contributed by atoms with Gasteiger partial charge in [-0.1, -0.05) is 0 Å². The largest absolute Gasteiger partial charge is 0.373 e. The Morgan fingerprint density at radius 2 is 1.91 bits per heavy atom. The Balaban J connectivity index is 1.36. The smallest absolute Gasteiger partial charge is 0.229 e. The highest BCUT2D eigenvalue weighted by Gasteiger charge is 2.36. The second-order valence-corrected chi connectivity index (χ2v) is 11.1. The number of hydrazine groups is 1. The predicted molar refractivity (Wildman–Crippen MR) is 124 cm³/mol. The van der Waals surface area contributed by atoms with Gasteiger partial charge < -0.3 is 10.1 Å². The first-order chi connectivity index (χ1) is 15.8. The van der Waals surface area contributed by atoms with Crippen molar-refractivity contribution in [3.05, 3.63) is 0 Å². The molecule has 4 fully saturated rings. The van der Waals surface area contributed by atoms with Crippen LogP contribution in [0.5, 0.6) is 0 Å². The first kappa shape index (κ1) is 25.1. The number of nitrogens with one attached hydrogen (secondary N) is 4. The highest BCUT2D eigenvalue weighted by Crippen LogP contribution is 2.32. The van der Waals surface area contributed by atoms with E-state index in [-0.39, 0.29) is 35.9 Å². The van der Waals surface area contributed by atoms with Crippen LogP contribution in [0.2, 0.25) is 0 Å². The number of halogens is 3. The number of ether oxygens (including phenoxy) is 1. The zero-order valence-corrected chi connectivity index (χ0v) is 20.2. The molecule has 1 amide bonds. The van der Waals surface area contributed by atoms with Crippen molar-refractivity contribution in [2.45, 2.75) is 107 Å². The van der Waals surface area contributed by atoms with Gasteiger partial charge in [-0.3, -0.25) is 15.5 Å². The van der Waals surface area contributed by atoms with Gasteiger partial charge in [-0.05, 0) is 77.0 Å². The number of hydrogen-bond donors (Lipinski definition) is 4. The summed E-state index contributed by atoms with van der Waals surface area (Å²) in [6, 6.07) is 0.325. The van der Waals surface area contributed by atoms with E-state index in [2.05, 4.69) is 26.5 Å². The molecule has 6 unspecified atom stereocenters. The van der Waals surface area contributed by atoms with Gasteiger partial charge >= 0.3 is 0 Å². The maximum Gasteiger partial charge on any atom is 0.229 e. The Kier molecular flexibility index (Phi) is 8.46. The van der Waals surface area contributed by atoms with Crippen molar-refractivity contribution in [2.24, 2.45) is 16.8 Å². The molecule has 2 saturated carbocycles. The van der Waals surface area contributed by atoms with Crippen molar-refractivity contribution < 1.29 is 18.3 Å². The monoisotopic (exact) mass is 489 g/mol. The van der Waals surface area contributed by atoms with Crippen molar-refractivity contribution >= 4 is 23.5 Å². The molecule has 0 spiro atoms. The fraction of sp³-hybridized carbons (Fsp3) is 0.913. The number of carbonyl (C=O) groups is 1. The van der Waals surface area contributed by atoms with Gasteiger partial charge in [0.05, 0.1) is 18.3 Å². The van der Waals surface area contributed by atoms with Gasteiger partial charge in [0.15, 0.2) is 5.96 Å². The van der Waals surface area contributed by atoms with Crippen molar-refractivity contribution in [3.8, 4) is 0 Å². The van der Waals surface area contributed by atoms with Crippen LogP contribution in [0.3, 0.4) is 0 Å². The Morgan fingerprint density at radius 1 is 1.12 bits per heavy atom. The Labute approximate surface area is 200 Å². The third-order valence-electron chi connectivity index (χ3n) is 7.69. The lowest BCUT2D eigenvalue weighted by Crippen LogP contribution is -2.52. The van der Waals surface area contributed by atoms with E-state index in [0.29, 0.717) is 37.5 Å². The number of aliphatic imine (C=N–C) groups is 1. The van der Waals surface area contributed by atoms with Gasteiger partial charge in [-0.25, -0.2) is 19.2 Å². The van der Waals surface area contributed by atoms with Gasteiger partial charge in [0, 0.05) is 23.9 Å². The fourth-order valence-corrected chi connectivity index (χ4v) is 5.75. The third kappa shape index (κ3) is 6.77. The number of amides is 1. The number of guanidine groups is 1. The van der Waals surface area contributed by atoms with Crippen LogP contribution < -0.4 is 21.5 Å². The van der Waals surface area contributed by atoms with Crippen LogP contribution in [0.25, 0.3) is 0 Å². The van der Waals surface area contributed by atoms with Gasteiger partial charge in [-0.15, -0.1) is 11.6 Å². The summed E-state index contributed by atoms with van der Waals surface area (Å²) in [5, 5.41) is 6.47. The Hall–Kier alpha value is -1.03. The van der Waals surface area contributed by atoms with Crippen LogP contribution >= 0.6 is 11.6 Å². The number of carbonyl (C=O) groups excluding carboxylic acids is 1. The minimum Gasteiger partial charge on any atom is -0.373 e. The molecule has 4 aliphatic rings. The molecule has 0 aromatic heterocycles. The minimum atomic E-state index is -1.59. The van der Waals surface area contributed by atoms with E-state index in [4.69, 9.17) is 16.3 Å². The van der Waals surface area contributed by atoms with Gasteiger partial charge in [0.1, 0.15) is 12.3 Å². The standard InChI is InChI=1S/C23H38ClF2N5O2/c1-23(9-2-10-33-23)13-27-22(29-21(32)15-5-8-17(25)18(26)11-15)28-20-12-19(30-31-20)14-3-6-16(24)7-4-14/h14-20,30-31H,2-13H2,1H3,(H2,27,28,29,32). The number of nitrogens with zero attached hydrogens (tertiary/aromatic N) is 1. The lowest BCUT2D eigenvalue weighted by atomic mass is 9.83. The average Bonchev–Trinajstić information content (AvgIpc) is 3.44. The Bertz CT molecular complexity index is 700. The Morgan fingerprint density at radius 3 is 2.61 bits per heavy atom. The number of hydrogen-bond acceptors (Lipinski definition) is 5. The molecular formula is C23H38ClF2N5O2. The van der Waals surface area contributed by atoms with Crippen LogP contribution in [-0.2, 0) is 9.53 Å². The summed E-state index contributed by atoms with van der Waals surface area (Å²) >= 11 is 6.26. The van der Waals surface area contributed by atoms with E-state index in [1.54, 1.807) is 0 Å². The summed E-state index contributed by atoms with van der Waals surface area (Å²) in [4.78, 5) is 17.5. The summed E-state index contributed by atoms with van der Waals surface area (Å²) in [6.45, 7) is 3.16. The summed E-state index contributed by atoms with van der Waals surface area (Å²) < 4.78 is 33.2. The maximum absolute atomic E-state index is 13.9. The first-order valence-electron chi connectivity index (χ1n) is 12.5. The highest BCUT2D eigenvalue weighted by molar-refractivity contribution is 6.20. The molecule has 0 aromatic rings. The fourth-order valence-electron chi connectivity index (χ4n) is 5.50. The van der Waals surface area contributed by atoms with Crippen molar-refractivity contribution in [1.82, 2.24) is 21.5 Å². The molecule has 188 valence electrons. The van der Waals surface area contributed by atoms with Gasteiger partial charge in [0.25, 0.3) is 0 Å². The molecule has 2 saturated heterocycles. The lowest BCUT2D eigenvalue weighted by molar-refractivity contribution is -0.125. The van der Waals surface area contributed by atoms with Crippen molar-refractivity contribution in [1.29, 1.82) is 0 Å². The highest BCUT2D eigenvalue weighted by atomic mass is 35.5. The molecule has 2 aliphatic heterocycles. The molecule has 2 aliphatic carbocycles. The zero-order valence-electron chi connectivity index (χ0n) is 19.4. The van der Waals surface area contributed by atoms with E-state index < -0.39 is 18.3 Å². The number of rotatable bonds is 5. The average molecular weight is 490 g/mol. The minimum absolute atomic E-state index is 0.0748. The van der Waals surface area contributed by atoms with Crippen LogP contribution in [0.1, 0.15) is 71.1 Å². The van der Waals surface area contributed by atoms with Gasteiger partial charge in [0.2, 0.25) is 5.91 Å². The molecule has 0 aromatic carbocycles. The van der Waals surface area contributed by atoms with E-state index >= 15 is 0 Å². The molecule has 0 bridgehead atoms. The first-order valence-corrected chi connectivity index (χ1v) is 12.9. The molecule has 33 heavy (non-hydrogen) atoms. The van der Waals surface area contributed by atoms with Gasteiger partial charge in [-0.2, -0.15) is 0 Å². The zero-order chi connectivity index (χ0) is 23.4. The van der Waals surface area contributed by atoms with E-state index in [9.17, 15) is 13.6 Å². The molecule has 7 nitrogen and oxygen atoms in total. The summed E-state index contributed by atoms with van der Waals surface area (Å²) in [5.41, 5.74) is 6.32. The molecule has 6 atom stereocenters. The van der Waals surface area contributed by atoms with Crippen LogP contribution in [0.4, 0.5) is 8.78 Å². The van der Waals surface area contributed by atoms with Crippen LogP contribution in [0, 0.1) is 11.8 Å². The molecule has 10 heteroatoms. The van der Waals surface area contributed by atoms with E-state index in [1.807, 2.05) is 6.92 Å². The van der Waals surface area contributed by atoms with Crippen LogP contribution in [-0.4, -0.2) is 60.5 Å². The molecule has 0 radical (unpaired) electrons. The molecule has 4 N–H and O–H groups in total. The topological polar surface area (TPSA) is 86.8 Å². The summed E-state index contributed by atoms with van der Waals surface area (Å²) in [6.07, 6.45) is 4.22. The summed E-state index contributed by atoms with van der Waals surface area (Å²) in [7, 11) is 0. The third-order valence-corrected chi connectivity index (χ3v) is 8.13. The predicted octanol–water partition coefficient (Wildman–Crippen LogP) is 3.08. The number of alkyl halides is 3. The molecular weight excluding hydrogens is 452 g/mol. The van der Waals surface area contributed by atoms with Crippen molar-refractivity contribution in [3.63, 3.8) is 0 Å². The molecule has 4 rings (SSSR count). The van der Waals surface area contributed by atoms with E-state index in [1.165, 1.54) is 0 Å². The second kappa shape index (κ2) is 11.1.